The number of nitrogens with one attached hydrogen (secondary N) is 1. The first-order chi connectivity index (χ1) is 7.69. The van der Waals surface area contributed by atoms with Crippen LogP contribution in [0.4, 0.5) is 0 Å². The summed E-state index contributed by atoms with van der Waals surface area (Å²) in [6.07, 6.45) is 4.22. The van der Waals surface area contributed by atoms with Crippen LogP contribution in [0.5, 0.6) is 0 Å². The van der Waals surface area contributed by atoms with E-state index in [4.69, 9.17) is 0 Å². The Kier molecular flexibility index (Phi) is 5.78. The Hall–Kier alpha value is -0.600. The molecule has 2 unspecified atom stereocenters. The zero-order valence-corrected chi connectivity index (χ0v) is 11.4. The lowest BCUT2D eigenvalue weighted by atomic mass is 10.00. The van der Waals surface area contributed by atoms with Crippen LogP contribution in [0.2, 0.25) is 0 Å². The van der Waals surface area contributed by atoms with Crippen LogP contribution in [-0.4, -0.2) is 6.04 Å². The van der Waals surface area contributed by atoms with Crippen molar-refractivity contribution in [2.75, 3.05) is 0 Å². The fourth-order valence-electron chi connectivity index (χ4n) is 1.76. The van der Waals surface area contributed by atoms with E-state index in [-0.39, 0.29) is 0 Å². The standard InChI is InChI=1S/C14H23NS/c1-5-7-11(3)12(4)15-10-14-13(6-2)8-9-16-14/h5,8-9,11-12,15H,1,6-7,10H2,2-4H3. The van der Waals surface area contributed by atoms with Gasteiger partial charge in [-0.15, -0.1) is 17.9 Å². The van der Waals surface area contributed by atoms with Gasteiger partial charge in [-0.3, -0.25) is 0 Å². The average molecular weight is 237 g/mol. The Morgan fingerprint density at radius 2 is 2.25 bits per heavy atom. The minimum atomic E-state index is 0.546. The molecule has 0 saturated heterocycles. The van der Waals surface area contributed by atoms with Gasteiger partial charge in [0.25, 0.3) is 0 Å². The van der Waals surface area contributed by atoms with E-state index in [2.05, 4.69) is 44.1 Å². The molecule has 1 aromatic rings. The third-order valence-electron chi connectivity index (χ3n) is 3.20. The maximum atomic E-state index is 3.79. The second kappa shape index (κ2) is 6.87. The van der Waals surface area contributed by atoms with Crippen LogP contribution in [0.1, 0.15) is 37.6 Å². The van der Waals surface area contributed by atoms with Crippen molar-refractivity contribution in [1.29, 1.82) is 0 Å². The Balaban J connectivity index is 2.42. The van der Waals surface area contributed by atoms with Crippen molar-refractivity contribution in [3.8, 4) is 0 Å². The van der Waals surface area contributed by atoms with Crippen molar-refractivity contribution in [1.82, 2.24) is 5.32 Å². The maximum absolute atomic E-state index is 3.79. The van der Waals surface area contributed by atoms with Gasteiger partial charge in [-0.1, -0.05) is 19.9 Å². The van der Waals surface area contributed by atoms with E-state index in [1.54, 1.807) is 0 Å². The molecular formula is C14H23NS. The van der Waals surface area contributed by atoms with Crippen LogP contribution in [0.15, 0.2) is 24.1 Å². The lowest BCUT2D eigenvalue weighted by Crippen LogP contribution is -2.31. The molecule has 0 aliphatic carbocycles. The van der Waals surface area contributed by atoms with Crippen LogP contribution in [0.3, 0.4) is 0 Å². The maximum Gasteiger partial charge on any atom is 0.0305 e. The molecule has 0 amide bonds. The van der Waals surface area contributed by atoms with Gasteiger partial charge >= 0.3 is 0 Å². The van der Waals surface area contributed by atoms with E-state index in [1.165, 1.54) is 10.4 Å². The summed E-state index contributed by atoms with van der Waals surface area (Å²) in [6, 6.07) is 2.78. The van der Waals surface area contributed by atoms with Crippen LogP contribution in [0.25, 0.3) is 0 Å². The number of hydrogen-bond donors (Lipinski definition) is 1. The summed E-state index contributed by atoms with van der Waals surface area (Å²) in [5.41, 5.74) is 1.49. The monoisotopic (exact) mass is 237 g/mol. The Morgan fingerprint density at radius 1 is 1.50 bits per heavy atom. The highest BCUT2D eigenvalue weighted by Crippen LogP contribution is 2.18. The molecule has 16 heavy (non-hydrogen) atoms. The highest BCUT2D eigenvalue weighted by atomic mass is 32.1. The van der Waals surface area contributed by atoms with Crippen molar-refractivity contribution in [2.24, 2.45) is 5.92 Å². The van der Waals surface area contributed by atoms with E-state index in [0.717, 1.165) is 19.4 Å². The predicted molar refractivity (Wildman–Crippen MR) is 74.0 cm³/mol. The van der Waals surface area contributed by atoms with Crippen LogP contribution in [-0.2, 0) is 13.0 Å². The summed E-state index contributed by atoms with van der Waals surface area (Å²) in [6.45, 7) is 11.5. The van der Waals surface area contributed by atoms with Gasteiger partial charge in [-0.2, -0.15) is 0 Å². The number of thiophene rings is 1. The summed E-state index contributed by atoms with van der Waals surface area (Å²) in [7, 11) is 0. The van der Waals surface area contributed by atoms with Crippen LogP contribution >= 0.6 is 11.3 Å². The molecule has 0 saturated carbocycles. The number of rotatable bonds is 7. The minimum Gasteiger partial charge on any atom is -0.309 e. The molecule has 1 rings (SSSR count). The Bertz CT molecular complexity index is 316. The molecule has 90 valence electrons. The fourth-order valence-corrected chi connectivity index (χ4v) is 2.69. The quantitative estimate of drug-likeness (QED) is 0.707. The molecule has 0 bridgehead atoms. The molecular weight excluding hydrogens is 214 g/mol. The molecule has 1 N–H and O–H groups in total. The lowest BCUT2D eigenvalue weighted by Gasteiger charge is -2.20. The van der Waals surface area contributed by atoms with Gasteiger partial charge in [0.05, 0.1) is 0 Å². The summed E-state index contributed by atoms with van der Waals surface area (Å²) in [5.74, 6) is 0.655. The van der Waals surface area contributed by atoms with Crippen molar-refractivity contribution < 1.29 is 0 Å². The molecule has 0 aromatic carbocycles. The first-order valence-corrected chi connectivity index (χ1v) is 6.96. The summed E-state index contributed by atoms with van der Waals surface area (Å²) in [5, 5.41) is 5.80. The van der Waals surface area contributed by atoms with Gasteiger partial charge in [-0.05, 0) is 42.7 Å². The van der Waals surface area contributed by atoms with Crippen molar-refractivity contribution >= 4 is 11.3 Å². The molecule has 2 atom stereocenters. The second-order valence-electron chi connectivity index (χ2n) is 4.39. The smallest absolute Gasteiger partial charge is 0.0305 e. The number of aryl methyl sites for hydroxylation is 1. The van der Waals surface area contributed by atoms with Crippen molar-refractivity contribution in [3.63, 3.8) is 0 Å². The topological polar surface area (TPSA) is 12.0 Å². The zero-order chi connectivity index (χ0) is 12.0. The number of allylic oxidation sites excluding steroid dienone is 1. The first-order valence-electron chi connectivity index (χ1n) is 6.08. The molecule has 1 nitrogen and oxygen atoms in total. The van der Waals surface area contributed by atoms with E-state index >= 15 is 0 Å². The Labute approximate surface area is 104 Å². The fraction of sp³-hybridized carbons (Fsp3) is 0.571. The molecule has 0 spiro atoms. The summed E-state index contributed by atoms with van der Waals surface area (Å²) in [4.78, 5) is 1.49. The van der Waals surface area contributed by atoms with Gasteiger partial charge in [0.1, 0.15) is 0 Å². The molecule has 0 aliphatic rings. The van der Waals surface area contributed by atoms with Gasteiger partial charge in [0, 0.05) is 17.5 Å². The largest absolute Gasteiger partial charge is 0.309 e. The first kappa shape index (κ1) is 13.5. The van der Waals surface area contributed by atoms with Crippen molar-refractivity contribution in [3.05, 3.63) is 34.5 Å². The van der Waals surface area contributed by atoms with Crippen LogP contribution < -0.4 is 5.32 Å². The second-order valence-corrected chi connectivity index (χ2v) is 5.39. The molecule has 0 fully saturated rings. The third kappa shape index (κ3) is 3.76. The zero-order valence-electron chi connectivity index (χ0n) is 10.6. The van der Waals surface area contributed by atoms with Gasteiger partial charge in [-0.25, -0.2) is 0 Å². The highest BCUT2D eigenvalue weighted by Gasteiger charge is 2.11. The van der Waals surface area contributed by atoms with Gasteiger partial charge < -0.3 is 5.32 Å². The molecule has 0 aliphatic heterocycles. The summed E-state index contributed by atoms with van der Waals surface area (Å²) < 4.78 is 0. The van der Waals surface area contributed by atoms with Gasteiger partial charge in [0.2, 0.25) is 0 Å². The van der Waals surface area contributed by atoms with Crippen molar-refractivity contribution in [2.45, 2.75) is 46.2 Å². The average Bonchev–Trinajstić information content (AvgIpc) is 2.73. The normalized spacial score (nSPS) is 14.7. The molecule has 1 heterocycles. The third-order valence-corrected chi connectivity index (χ3v) is 4.16. The van der Waals surface area contributed by atoms with Gasteiger partial charge in [0.15, 0.2) is 0 Å². The SMILES string of the molecule is C=CCC(C)C(C)NCc1sccc1CC. The van der Waals surface area contributed by atoms with E-state index < -0.39 is 0 Å². The van der Waals surface area contributed by atoms with Crippen LogP contribution in [0, 0.1) is 5.92 Å². The molecule has 0 radical (unpaired) electrons. The predicted octanol–water partition coefficient (Wildman–Crippen LogP) is 4.00. The minimum absolute atomic E-state index is 0.546. The number of hydrogen-bond acceptors (Lipinski definition) is 2. The molecule has 1 aromatic heterocycles. The lowest BCUT2D eigenvalue weighted by molar-refractivity contribution is 0.403. The molecule has 2 heteroatoms. The van der Waals surface area contributed by atoms with E-state index in [9.17, 15) is 0 Å². The highest BCUT2D eigenvalue weighted by molar-refractivity contribution is 7.10. The Morgan fingerprint density at radius 3 is 2.88 bits per heavy atom. The van der Waals surface area contributed by atoms with E-state index in [1.807, 2.05) is 17.4 Å². The van der Waals surface area contributed by atoms with E-state index in [0.29, 0.717) is 12.0 Å². The summed E-state index contributed by atoms with van der Waals surface area (Å²) >= 11 is 1.86.